The average molecular weight is 420 g/mol. The monoisotopic (exact) mass is 420 g/mol. The third kappa shape index (κ3) is 5.26. The molecule has 1 N–H and O–H groups in total. The molecule has 1 aliphatic rings. The van der Waals surface area contributed by atoms with E-state index < -0.39 is 17.6 Å². The molecule has 7 heteroatoms. The molecule has 0 unspecified atom stereocenters. The van der Waals surface area contributed by atoms with E-state index in [-0.39, 0.29) is 18.2 Å². The number of rotatable bonds is 6. The number of hydrogen-bond donors (Lipinski definition) is 1. The Morgan fingerprint density at radius 2 is 1.83 bits per heavy atom. The lowest BCUT2D eigenvalue weighted by Gasteiger charge is -2.23. The van der Waals surface area contributed by atoms with Crippen molar-refractivity contribution in [1.29, 1.82) is 0 Å². The number of aryl methyl sites for hydroxylation is 1. The van der Waals surface area contributed by atoms with Crippen LogP contribution < -0.4 is 15.0 Å². The third-order valence-electron chi connectivity index (χ3n) is 5.19. The summed E-state index contributed by atoms with van der Waals surface area (Å²) < 4.78 is 45.3. The van der Waals surface area contributed by atoms with Gasteiger partial charge in [-0.1, -0.05) is 26.0 Å². The lowest BCUT2D eigenvalue weighted by Crippen LogP contribution is -2.24. The number of alkyl halides is 3. The Hall–Kier alpha value is -2.70. The molecule has 1 saturated heterocycles. The van der Waals surface area contributed by atoms with Crippen molar-refractivity contribution in [2.75, 3.05) is 29.9 Å². The quantitative estimate of drug-likeness (QED) is 0.647. The zero-order valence-corrected chi connectivity index (χ0v) is 17.5. The van der Waals surface area contributed by atoms with Crippen LogP contribution in [-0.2, 0) is 11.0 Å². The summed E-state index contributed by atoms with van der Waals surface area (Å²) in [7, 11) is 0. The van der Waals surface area contributed by atoms with E-state index in [2.05, 4.69) is 5.32 Å². The molecule has 0 bridgehead atoms. The molecular weight excluding hydrogens is 393 g/mol. The maximum atomic E-state index is 13.2. The highest BCUT2D eigenvalue weighted by Crippen LogP contribution is 2.36. The van der Waals surface area contributed by atoms with E-state index in [1.807, 2.05) is 43.9 Å². The number of anilines is 2. The Labute approximate surface area is 175 Å². The van der Waals surface area contributed by atoms with Crippen molar-refractivity contribution in [2.45, 2.75) is 45.7 Å². The van der Waals surface area contributed by atoms with Gasteiger partial charge in [0.15, 0.2) is 6.61 Å². The molecule has 0 atom stereocenters. The highest BCUT2D eigenvalue weighted by Gasteiger charge is 2.32. The van der Waals surface area contributed by atoms with Gasteiger partial charge in [-0.25, -0.2) is 0 Å². The number of benzene rings is 2. The van der Waals surface area contributed by atoms with Crippen molar-refractivity contribution < 1.29 is 22.7 Å². The minimum atomic E-state index is -4.48. The lowest BCUT2D eigenvalue weighted by atomic mass is 10.0. The van der Waals surface area contributed by atoms with E-state index in [1.165, 1.54) is 6.07 Å². The topological polar surface area (TPSA) is 41.6 Å². The molecule has 4 nitrogen and oxygen atoms in total. The Morgan fingerprint density at radius 3 is 2.47 bits per heavy atom. The van der Waals surface area contributed by atoms with Crippen molar-refractivity contribution in [3.8, 4) is 5.75 Å². The molecule has 2 aromatic carbocycles. The second-order valence-electron chi connectivity index (χ2n) is 7.96. The van der Waals surface area contributed by atoms with Crippen molar-refractivity contribution >= 4 is 17.3 Å². The Balaban J connectivity index is 1.78. The number of halogens is 3. The molecule has 1 heterocycles. The summed E-state index contributed by atoms with van der Waals surface area (Å²) in [6.07, 6.45) is -2.53. The Kier molecular flexibility index (Phi) is 6.58. The fourth-order valence-corrected chi connectivity index (χ4v) is 3.62. The van der Waals surface area contributed by atoms with E-state index in [1.54, 1.807) is 0 Å². The predicted molar refractivity (Wildman–Crippen MR) is 112 cm³/mol. The van der Waals surface area contributed by atoms with Crippen LogP contribution in [0.4, 0.5) is 24.5 Å². The summed E-state index contributed by atoms with van der Waals surface area (Å²) in [5.74, 6) is 0.337. The summed E-state index contributed by atoms with van der Waals surface area (Å²) in [5, 5.41) is 2.63. The van der Waals surface area contributed by atoms with Gasteiger partial charge >= 0.3 is 6.18 Å². The first kappa shape index (κ1) is 22.0. The first-order valence-corrected chi connectivity index (χ1v) is 10.1. The van der Waals surface area contributed by atoms with Crippen LogP contribution in [0, 0.1) is 6.92 Å². The zero-order chi connectivity index (χ0) is 21.9. The molecule has 30 heavy (non-hydrogen) atoms. The van der Waals surface area contributed by atoms with Crippen LogP contribution in [0.15, 0.2) is 36.4 Å². The number of amides is 1. The molecule has 0 radical (unpaired) electrons. The number of nitrogens with one attached hydrogen (secondary N) is 1. The maximum absolute atomic E-state index is 13.2. The molecule has 1 fully saturated rings. The molecule has 0 aromatic heterocycles. The van der Waals surface area contributed by atoms with Crippen LogP contribution in [-0.4, -0.2) is 25.6 Å². The smallest absolute Gasteiger partial charge is 0.416 e. The number of carbonyl (C=O) groups is 1. The molecule has 0 saturated carbocycles. The van der Waals surface area contributed by atoms with Gasteiger partial charge in [0.1, 0.15) is 5.75 Å². The first-order chi connectivity index (χ1) is 14.1. The van der Waals surface area contributed by atoms with E-state index in [4.69, 9.17) is 4.74 Å². The highest BCUT2D eigenvalue weighted by atomic mass is 19.4. The average Bonchev–Trinajstić information content (AvgIpc) is 3.20. The molecule has 3 rings (SSSR count). The Morgan fingerprint density at radius 1 is 1.13 bits per heavy atom. The lowest BCUT2D eigenvalue weighted by molar-refractivity contribution is -0.137. The van der Waals surface area contributed by atoms with Gasteiger partial charge in [0, 0.05) is 13.1 Å². The maximum Gasteiger partial charge on any atom is 0.416 e. The SMILES string of the molecule is Cc1ccc(C(C)C)c(OCC(=O)Nc2cc(C(F)(F)F)ccc2N2CCCC2)c1. The largest absolute Gasteiger partial charge is 0.483 e. The first-order valence-electron chi connectivity index (χ1n) is 10.1. The minimum absolute atomic E-state index is 0.161. The van der Waals surface area contributed by atoms with Crippen LogP contribution in [0.2, 0.25) is 0 Å². The minimum Gasteiger partial charge on any atom is -0.483 e. The summed E-state index contributed by atoms with van der Waals surface area (Å²) >= 11 is 0. The third-order valence-corrected chi connectivity index (χ3v) is 5.19. The van der Waals surface area contributed by atoms with E-state index in [9.17, 15) is 18.0 Å². The van der Waals surface area contributed by atoms with Crippen LogP contribution in [0.3, 0.4) is 0 Å². The van der Waals surface area contributed by atoms with Gasteiger partial charge < -0.3 is 15.0 Å². The normalized spacial score (nSPS) is 14.3. The van der Waals surface area contributed by atoms with Crippen LogP contribution in [0.1, 0.15) is 49.3 Å². The van der Waals surface area contributed by atoms with E-state index in [0.29, 0.717) is 11.4 Å². The summed E-state index contributed by atoms with van der Waals surface area (Å²) in [4.78, 5) is 14.5. The number of carbonyl (C=O) groups excluding carboxylic acids is 1. The number of ether oxygens (including phenoxy) is 1. The van der Waals surface area contributed by atoms with Gasteiger partial charge in [0.25, 0.3) is 5.91 Å². The molecule has 2 aromatic rings. The van der Waals surface area contributed by atoms with E-state index >= 15 is 0 Å². The van der Waals surface area contributed by atoms with E-state index in [0.717, 1.165) is 49.2 Å². The van der Waals surface area contributed by atoms with Crippen molar-refractivity contribution in [3.63, 3.8) is 0 Å². The molecule has 0 spiro atoms. The molecule has 1 amide bonds. The molecule has 1 aliphatic heterocycles. The second-order valence-corrected chi connectivity index (χ2v) is 7.96. The van der Waals surface area contributed by atoms with Gasteiger partial charge in [-0.3, -0.25) is 4.79 Å². The summed E-state index contributed by atoms with van der Waals surface area (Å²) in [6, 6.07) is 9.29. The summed E-state index contributed by atoms with van der Waals surface area (Å²) in [5.41, 5.74) is 1.96. The number of nitrogens with zero attached hydrogens (tertiary/aromatic N) is 1. The Bertz CT molecular complexity index is 904. The van der Waals surface area contributed by atoms with Gasteiger partial charge in [0.05, 0.1) is 16.9 Å². The van der Waals surface area contributed by atoms with Crippen LogP contribution >= 0.6 is 0 Å². The molecule has 0 aliphatic carbocycles. The predicted octanol–water partition coefficient (Wildman–Crippen LogP) is 5.75. The standard InChI is InChI=1S/C23H27F3N2O2/c1-15(2)18-8-6-16(3)12-21(18)30-14-22(29)27-19-13-17(23(24,25)26)7-9-20(19)28-10-4-5-11-28/h6-9,12-13,15H,4-5,10-11,14H2,1-3H3,(H,27,29). The second kappa shape index (κ2) is 8.98. The van der Waals surface area contributed by atoms with Gasteiger partial charge in [-0.2, -0.15) is 13.2 Å². The van der Waals surface area contributed by atoms with Crippen molar-refractivity contribution in [3.05, 3.63) is 53.1 Å². The van der Waals surface area contributed by atoms with Crippen molar-refractivity contribution in [2.24, 2.45) is 0 Å². The fraction of sp³-hybridized carbons (Fsp3) is 0.435. The molecular formula is C23H27F3N2O2. The van der Waals surface area contributed by atoms with Crippen LogP contribution in [0.25, 0.3) is 0 Å². The molecule has 162 valence electrons. The zero-order valence-electron chi connectivity index (χ0n) is 17.5. The fourth-order valence-electron chi connectivity index (χ4n) is 3.62. The van der Waals surface area contributed by atoms with Gasteiger partial charge in [0.2, 0.25) is 0 Å². The highest BCUT2D eigenvalue weighted by molar-refractivity contribution is 5.95. The number of hydrogen-bond acceptors (Lipinski definition) is 3. The summed E-state index contributed by atoms with van der Waals surface area (Å²) in [6.45, 7) is 7.23. The van der Waals surface area contributed by atoms with Crippen molar-refractivity contribution in [1.82, 2.24) is 0 Å². The van der Waals surface area contributed by atoms with Gasteiger partial charge in [-0.05, 0) is 61.1 Å². The van der Waals surface area contributed by atoms with Gasteiger partial charge in [-0.15, -0.1) is 0 Å². The van der Waals surface area contributed by atoms with Crippen LogP contribution in [0.5, 0.6) is 5.75 Å².